The lowest BCUT2D eigenvalue weighted by Gasteiger charge is -2.34. The van der Waals surface area contributed by atoms with Crippen molar-refractivity contribution in [2.24, 2.45) is 0 Å². The van der Waals surface area contributed by atoms with Crippen molar-refractivity contribution in [1.29, 1.82) is 0 Å². The van der Waals surface area contributed by atoms with Gasteiger partial charge < -0.3 is 26.4 Å². The number of benzene rings is 1. The summed E-state index contributed by atoms with van der Waals surface area (Å²) >= 11 is 0. The fourth-order valence-electron chi connectivity index (χ4n) is 2.36. The van der Waals surface area contributed by atoms with E-state index in [4.69, 9.17) is 10.8 Å². The smallest absolute Gasteiger partial charge is 0.322 e. The maximum atomic E-state index is 12.0. The van der Waals surface area contributed by atoms with Gasteiger partial charge in [-0.15, -0.1) is 0 Å². The summed E-state index contributed by atoms with van der Waals surface area (Å²) in [6.07, 6.45) is 0. The van der Waals surface area contributed by atoms with Gasteiger partial charge >= 0.3 is 5.97 Å². The lowest BCUT2D eigenvalue weighted by molar-refractivity contribution is -0.135. The van der Waals surface area contributed by atoms with Crippen LogP contribution in [-0.4, -0.2) is 49.2 Å². The van der Waals surface area contributed by atoms with E-state index in [9.17, 15) is 9.59 Å². The number of anilines is 2. The maximum absolute atomic E-state index is 12.0. The highest BCUT2D eigenvalue weighted by Crippen LogP contribution is 2.22. The highest BCUT2D eigenvalue weighted by atomic mass is 16.4. The topological polar surface area (TPSA) is 108 Å². The molecule has 1 heterocycles. The normalized spacial score (nSPS) is 18.3. The molecule has 0 radical (unpaired) electrons. The number of rotatable bonds is 4. The Bertz CT molecular complexity index is 547. The molecule has 1 aromatic rings. The van der Waals surface area contributed by atoms with E-state index in [0.717, 1.165) is 25.3 Å². The fraction of sp³-hybridized carbons (Fsp3) is 0.429. The molecule has 1 fully saturated rings. The minimum absolute atomic E-state index is 0.305. The molecule has 1 aliphatic rings. The van der Waals surface area contributed by atoms with Gasteiger partial charge in [-0.1, -0.05) is 0 Å². The highest BCUT2D eigenvalue weighted by Gasteiger charge is 2.18. The minimum atomic E-state index is -1.09. The summed E-state index contributed by atoms with van der Waals surface area (Å²) in [7, 11) is 0. The summed E-state index contributed by atoms with van der Waals surface area (Å²) in [6.45, 7) is 4.26. The van der Waals surface area contributed by atoms with Gasteiger partial charge in [0.05, 0.1) is 5.56 Å². The van der Waals surface area contributed by atoms with Crippen molar-refractivity contribution < 1.29 is 14.7 Å². The van der Waals surface area contributed by atoms with Crippen LogP contribution in [0.15, 0.2) is 18.2 Å². The van der Waals surface area contributed by atoms with Crippen LogP contribution >= 0.6 is 0 Å². The van der Waals surface area contributed by atoms with Crippen LogP contribution in [0.3, 0.4) is 0 Å². The zero-order valence-corrected chi connectivity index (χ0v) is 11.9. The molecular weight excluding hydrogens is 272 g/mol. The number of hydrogen-bond acceptors (Lipinski definition) is 5. The molecule has 114 valence electrons. The number of nitrogens with zero attached hydrogens (tertiary/aromatic N) is 1. The van der Waals surface area contributed by atoms with Gasteiger partial charge in [0.2, 0.25) is 0 Å². The molecule has 0 aliphatic carbocycles. The van der Waals surface area contributed by atoms with E-state index in [0.29, 0.717) is 17.3 Å². The third-order valence-corrected chi connectivity index (χ3v) is 3.42. The van der Waals surface area contributed by atoms with E-state index in [1.54, 1.807) is 12.1 Å². The quantitative estimate of drug-likeness (QED) is 0.576. The monoisotopic (exact) mass is 292 g/mol. The van der Waals surface area contributed by atoms with E-state index >= 15 is 0 Å². The molecule has 1 aliphatic heterocycles. The zero-order chi connectivity index (χ0) is 15.4. The van der Waals surface area contributed by atoms with Crippen molar-refractivity contribution in [2.45, 2.75) is 13.0 Å². The third-order valence-electron chi connectivity index (χ3n) is 3.42. The van der Waals surface area contributed by atoms with Gasteiger partial charge in [-0.05, 0) is 25.1 Å². The molecule has 1 saturated heterocycles. The lowest BCUT2D eigenvalue weighted by Crippen LogP contribution is -2.49. The summed E-state index contributed by atoms with van der Waals surface area (Å²) in [5.41, 5.74) is 7.37. The molecule has 7 heteroatoms. The minimum Gasteiger partial charge on any atom is -0.480 e. The van der Waals surface area contributed by atoms with E-state index in [-0.39, 0.29) is 0 Å². The predicted octanol–water partition coefficient (Wildman–Crippen LogP) is -0.119. The number of carbonyl (C=O) groups excluding carboxylic acids is 1. The molecule has 0 unspecified atom stereocenters. The van der Waals surface area contributed by atoms with Crippen LogP contribution in [0, 0.1) is 0 Å². The highest BCUT2D eigenvalue weighted by molar-refractivity contribution is 6.01. The Morgan fingerprint density at radius 2 is 2.29 bits per heavy atom. The van der Waals surface area contributed by atoms with Crippen LogP contribution in [0.25, 0.3) is 0 Å². The Hall–Kier alpha value is -2.28. The van der Waals surface area contributed by atoms with E-state index in [2.05, 4.69) is 22.5 Å². The SMILES string of the molecule is C[C@@H]1CN(c2ccc(N)c(C(=O)NCC(=O)O)c2)CCN1. The number of piperazine rings is 1. The fourth-order valence-corrected chi connectivity index (χ4v) is 2.36. The average Bonchev–Trinajstić information content (AvgIpc) is 2.45. The Morgan fingerprint density at radius 3 is 2.95 bits per heavy atom. The number of carbonyl (C=O) groups is 2. The second-order valence-corrected chi connectivity index (χ2v) is 5.15. The molecule has 0 bridgehead atoms. The first kappa shape index (κ1) is 15.1. The predicted molar refractivity (Wildman–Crippen MR) is 80.5 cm³/mol. The molecule has 0 aromatic heterocycles. The number of carboxylic acids is 1. The maximum Gasteiger partial charge on any atom is 0.322 e. The standard InChI is InChI=1S/C14H20N4O3/c1-9-8-18(5-4-16-9)10-2-3-12(15)11(6-10)14(21)17-7-13(19)20/h2-3,6,9,16H,4-5,7-8,15H2,1H3,(H,17,21)(H,19,20)/t9-/m1/s1. The van der Waals surface area contributed by atoms with Crippen molar-refractivity contribution in [1.82, 2.24) is 10.6 Å². The first-order chi connectivity index (χ1) is 9.97. The second kappa shape index (κ2) is 6.45. The average molecular weight is 292 g/mol. The Balaban J connectivity index is 2.16. The molecule has 5 N–H and O–H groups in total. The lowest BCUT2D eigenvalue weighted by atomic mass is 10.1. The number of amides is 1. The molecule has 7 nitrogen and oxygen atoms in total. The number of nitrogen functional groups attached to an aromatic ring is 1. The summed E-state index contributed by atoms with van der Waals surface area (Å²) < 4.78 is 0. The van der Waals surface area contributed by atoms with Gasteiger partial charge in [0.15, 0.2) is 0 Å². The summed E-state index contributed by atoms with van der Waals surface area (Å²) in [5.74, 6) is -1.56. The number of hydrogen-bond donors (Lipinski definition) is 4. The molecule has 1 amide bonds. The number of nitrogens with one attached hydrogen (secondary N) is 2. The van der Waals surface area contributed by atoms with E-state index < -0.39 is 18.4 Å². The van der Waals surface area contributed by atoms with Gasteiger partial charge in [-0.25, -0.2) is 0 Å². The van der Waals surface area contributed by atoms with Gasteiger partial charge in [0.1, 0.15) is 6.54 Å². The van der Waals surface area contributed by atoms with Crippen molar-refractivity contribution in [2.75, 3.05) is 36.8 Å². The van der Waals surface area contributed by atoms with Crippen LogP contribution < -0.4 is 21.3 Å². The van der Waals surface area contributed by atoms with Crippen molar-refractivity contribution in [3.05, 3.63) is 23.8 Å². The molecule has 21 heavy (non-hydrogen) atoms. The Kier molecular flexibility index (Phi) is 4.64. The van der Waals surface area contributed by atoms with Crippen LogP contribution in [0.5, 0.6) is 0 Å². The van der Waals surface area contributed by atoms with Crippen molar-refractivity contribution in [3.63, 3.8) is 0 Å². The van der Waals surface area contributed by atoms with Crippen LogP contribution in [0.4, 0.5) is 11.4 Å². The molecular formula is C14H20N4O3. The van der Waals surface area contributed by atoms with Gasteiger partial charge in [-0.2, -0.15) is 0 Å². The molecule has 0 saturated carbocycles. The van der Waals surface area contributed by atoms with E-state index in [1.807, 2.05) is 6.07 Å². The summed E-state index contributed by atoms with van der Waals surface area (Å²) in [4.78, 5) is 24.7. The van der Waals surface area contributed by atoms with Crippen molar-refractivity contribution in [3.8, 4) is 0 Å². The van der Waals surface area contributed by atoms with Gasteiger partial charge in [0, 0.05) is 37.1 Å². The molecule has 2 rings (SSSR count). The zero-order valence-electron chi connectivity index (χ0n) is 11.9. The Labute approximate surface area is 123 Å². The van der Waals surface area contributed by atoms with Gasteiger partial charge in [-0.3, -0.25) is 9.59 Å². The summed E-state index contributed by atoms with van der Waals surface area (Å²) in [5, 5.41) is 14.3. The first-order valence-corrected chi connectivity index (χ1v) is 6.85. The summed E-state index contributed by atoms with van der Waals surface area (Å²) in [6, 6.07) is 5.64. The molecule has 1 aromatic carbocycles. The number of nitrogens with two attached hydrogens (primary N) is 1. The van der Waals surface area contributed by atoms with Gasteiger partial charge in [0.25, 0.3) is 5.91 Å². The first-order valence-electron chi connectivity index (χ1n) is 6.85. The number of carboxylic acid groups (broad SMARTS) is 1. The van der Waals surface area contributed by atoms with Crippen LogP contribution in [0.1, 0.15) is 17.3 Å². The Morgan fingerprint density at radius 1 is 1.52 bits per heavy atom. The number of aliphatic carboxylic acids is 1. The largest absolute Gasteiger partial charge is 0.480 e. The second-order valence-electron chi connectivity index (χ2n) is 5.15. The van der Waals surface area contributed by atoms with Crippen LogP contribution in [0.2, 0.25) is 0 Å². The third kappa shape index (κ3) is 3.85. The molecule has 1 atom stereocenters. The van der Waals surface area contributed by atoms with Crippen molar-refractivity contribution >= 4 is 23.3 Å². The molecule has 0 spiro atoms. The van der Waals surface area contributed by atoms with E-state index in [1.165, 1.54) is 0 Å². The van der Waals surface area contributed by atoms with Crippen LogP contribution in [-0.2, 0) is 4.79 Å².